The summed E-state index contributed by atoms with van der Waals surface area (Å²) in [6.07, 6.45) is 0. The summed E-state index contributed by atoms with van der Waals surface area (Å²) in [7, 11) is 0. The zero-order valence-corrected chi connectivity index (χ0v) is 17.5. The van der Waals surface area contributed by atoms with Crippen molar-refractivity contribution in [2.75, 3.05) is 43.5 Å². The lowest BCUT2D eigenvalue weighted by atomic mass is 10.0. The zero-order chi connectivity index (χ0) is 22.3. The minimum Gasteiger partial charge on any atom is -0.379 e. The van der Waals surface area contributed by atoms with Gasteiger partial charge in [-0.3, -0.25) is 14.5 Å². The maximum Gasteiger partial charge on any atom is 0.255 e. The number of nitrogens with zero attached hydrogens (tertiary/aromatic N) is 1. The van der Waals surface area contributed by atoms with E-state index in [1.807, 2.05) is 47.4 Å². The van der Waals surface area contributed by atoms with Gasteiger partial charge < -0.3 is 15.4 Å². The maximum atomic E-state index is 14.2. The lowest BCUT2D eigenvalue weighted by Gasteiger charge is -2.25. The lowest BCUT2D eigenvalue weighted by Crippen LogP contribution is -2.41. The van der Waals surface area contributed by atoms with Crippen molar-refractivity contribution in [3.8, 4) is 11.1 Å². The average Bonchev–Trinajstić information content (AvgIpc) is 2.82. The zero-order valence-electron chi connectivity index (χ0n) is 17.5. The number of halogens is 1. The van der Waals surface area contributed by atoms with Gasteiger partial charge >= 0.3 is 0 Å². The normalized spacial score (nSPS) is 14.0. The Morgan fingerprint density at radius 1 is 0.875 bits per heavy atom. The van der Waals surface area contributed by atoms with E-state index in [4.69, 9.17) is 4.74 Å². The fourth-order valence-electron chi connectivity index (χ4n) is 3.50. The molecule has 2 amide bonds. The van der Waals surface area contributed by atoms with E-state index in [1.165, 1.54) is 18.2 Å². The summed E-state index contributed by atoms with van der Waals surface area (Å²) < 4.78 is 19.5. The van der Waals surface area contributed by atoms with E-state index in [0.717, 1.165) is 11.1 Å². The number of morpholine rings is 1. The molecule has 0 unspecified atom stereocenters. The van der Waals surface area contributed by atoms with Crippen LogP contribution in [0.3, 0.4) is 0 Å². The van der Waals surface area contributed by atoms with Crippen molar-refractivity contribution in [3.05, 3.63) is 84.2 Å². The molecule has 4 rings (SSSR count). The minimum atomic E-state index is -0.564. The van der Waals surface area contributed by atoms with Crippen molar-refractivity contribution in [2.45, 2.75) is 0 Å². The molecule has 164 valence electrons. The molecule has 2 N–H and O–H groups in total. The van der Waals surface area contributed by atoms with Gasteiger partial charge in [-0.1, -0.05) is 42.5 Å². The van der Waals surface area contributed by atoms with Crippen LogP contribution in [0.2, 0.25) is 0 Å². The van der Waals surface area contributed by atoms with Crippen LogP contribution in [0, 0.1) is 5.82 Å². The third-order valence-corrected chi connectivity index (χ3v) is 5.22. The number of hydrogen-bond donors (Lipinski definition) is 2. The van der Waals surface area contributed by atoms with E-state index >= 15 is 0 Å². The number of ether oxygens (including phenoxy) is 1. The smallest absolute Gasteiger partial charge is 0.255 e. The van der Waals surface area contributed by atoms with Gasteiger partial charge in [0.05, 0.1) is 25.4 Å². The number of carbonyl (C=O) groups is 2. The molecular weight excluding hydrogens is 409 g/mol. The number of nitrogens with one attached hydrogen (secondary N) is 2. The van der Waals surface area contributed by atoms with Crippen molar-refractivity contribution in [1.82, 2.24) is 4.90 Å². The number of benzene rings is 3. The standard InChI is InChI=1S/C25H24FN3O3/c26-22-11-10-21(16-23(22)28-24(30)17-29-12-14-32-15-13-29)27-25(31)20-8-6-19(7-9-20)18-4-2-1-3-5-18/h1-11,16H,12-15,17H2,(H,27,31)(H,28,30). The molecule has 3 aromatic rings. The summed E-state index contributed by atoms with van der Waals surface area (Å²) in [5.41, 5.74) is 2.97. The van der Waals surface area contributed by atoms with Crippen molar-refractivity contribution in [2.24, 2.45) is 0 Å². The number of amides is 2. The molecule has 1 aliphatic heterocycles. The van der Waals surface area contributed by atoms with Crippen molar-refractivity contribution < 1.29 is 18.7 Å². The van der Waals surface area contributed by atoms with Gasteiger partial charge in [0.25, 0.3) is 5.91 Å². The van der Waals surface area contributed by atoms with Gasteiger partial charge in [-0.05, 0) is 41.5 Å². The molecule has 0 radical (unpaired) electrons. The highest BCUT2D eigenvalue weighted by molar-refractivity contribution is 6.05. The molecule has 6 nitrogen and oxygen atoms in total. The highest BCUT2D eigenvalue weighted by Crippen LogP contribution is 2.22. The van der Waals surface area contributed by atoms with Crippen LogP contribution in [0.25, 0.3) is 11.1 Å². The number of hydrogen-bond acceptors (Lipinski definition) is 4. The summed E-state index contributed by atoms with van der Waals surface area (Å²) in [5, 5.41) is 5.34. The Bertz CT molecular complexity index is 1080. The van der Waals surface area contributed by atoms with Gasteiger partial charge in [0.1, 0.15) is 5.82 Å². The van der Waals surface area contributed by atoms with E-state index in [1.54, 1.807) is 12.1 Å². The van der Waals surface area contributed by atoms with Gasteiger partial charge in [-0.2, -0.15) is 0 Å². The Balaban J connectivity index is 1.39. The highest BCUT2D eigenvalue weighted by Gasteiger charge is 2.16. The van der Waals surface area contributed by atoms with Gasteiger partial charge in [-0.25, -0.2) is 4.39 Å². The summed E-state index contributed by atoms with van der Waals surface area (Å²) in [6, 6.07) is 21.2. The molecule has 1 heterocycles. The molecule has 0 aromatic heterocycles. The molecule has 1 aliphatic rings. The largest absolute Gasteiger partial charge is 0.379 e. The van der Waals surface area contributed by atoms with Crippen LogP contribution in [0.5, 0.6) is 0 Å². The molecule has 3 aromatic carbocycles. The van der Waals surface area contributed by atoms with Gasteiger partial charge in [0, 0.05) is 24.3 Å². The van der Waals surface area contributed by atoms with Crippen molar-refractivity contribution in [1.29, 1.82) is 0 Å². The lowest BCUT2D eigenvalue weighted by molar-refractivity contribution is -0.118. The van der Waals surface area contributed by atoms with E-state index in [-0.39, 0.29) is 24.0 Å². The molecule has 0 atom stereocenters. The summed E-state index contributed by atoms with van der Waals surface area (Å²) in [6.45, 7) is 2.64. The molecule has 0 bridgehead atoms. The van der Waals surface area contributed by atoms with E-state index < -0.39 is 5.82 Å². The third kappa shape index (κ3) is 5.57. The Labute approximate surface area is 186 Å². The van der Waals surface area contributed by atoms with E-state index in [9.17, 15) is 14.0 Å². The van der Waals surface area contributed by atoms with Crippen LogP contribution in [0.4, 0.5) is 15.8 Å². The predicted molar refractivity (Wildman–Crippen MR) is 122 cm³/mol. The number of rotatable bonds is 6. The Morgan fingerprint density at radius 3 is 2.28 bits per heavy atom. The van der Waals surface area contributed by atoms with Crippen LogP contribution in [-0.2, 0) is 9.53 Å². The molecule has 1 saturated heterocycles. The number of anilines is 2. The van der Waals surface area contributed by atoms with Gasteiger partial charge in [0.15, 0.2) is 0 Å². The third-order valence-electron chi connectivity index (χ3n) is 5.22. The quantitative estimate of drug-likeness (QED) is 0.616. The maximum absolute atomic E-state index is 14.2. The second-order valence-corrected chi connectivity index (χ2v) is 7.53. The van der Waals surface area contributed by atoms with E-state index in [0.29, 0.717) is 37.6 Å². The second-order valence-electron chi connectivity index (χ2n) is 7.53. The Kier molecular flexibility index (Phi) is 6.89. The Hall–Kier alpha value is -3.55. The monoisotopic (exact) mass is 433 g/mol. The first-order chi connectivity index (χ1) is 15.6. The summed E-state index contributed by atoms with van der Waals surface area (Å²) in [4.78, 5) is 26.9. The molecular formula is C25H24FN3O3. The van der Waals surface area contributed by atoms with Crippen LogP contribution in [0.15, 0.2) is 72.8 Å². The van der Waals surface area contributed by atoms with E-state index in [2.05, 4.69) is 10.6 Å². The van der Waals surface area contributed by atoms with Crippen molar-refractivity contribution in [3.63, 3.8) is 0 Å². The molecule has 0 aliphatic carbocycles. The number of carbonyl (C=O) groups excluding carboxylic acids is 2. The topological polar surface area (TPSA) is 70.7 Å². The highest BCUT2D eigenvalue weighted by atomic mass is 19.1. The Morgan fingerprint density at radius 2 is 1.56 bits per heavy atom. The molecule has 0 saturated carbocycles. The second kappa shape index (κ2) is 10.2. The van der Waals surface area contributed by atoms with Crippen LogP contribution in [-0.4, -0.2) is 49.6 Å². The van der Waals surface area contributed by atoms with Gasteiger partial charge in [0.2, 0.25) is 5.91 Å². The minimum absolute atomic E-state index is 0.0282. The first-order valence-electron chi connectivity index (χ1n) is 10.4. The predicted octanol–water partition coefficient (Wildman–Crippen LogP) is 4.02. The van der Waals surface area contributed by atoms with Crippen molar-refractivity contribution >= 4 is 23.2 Å². The van der Waals surface area contributed by atoms with Crippen LogP contribution >= 0.6 is 0 Å². The van der Waals surface area contributed by atoms with Gasteiger partial charge in [-0.15, -0.1) is 0 Å². The van der Waals surface area contributed by atoms with Crippen LogP contribution < -0.4 is 10.6 Å². The SMILES string of the molecule is O=C(CN1CCOCC1)Nc1cc(NC(=O)c2ccc(-c3ccccc3)cc2)ccc1F. The fourth-order valence-corrected chi connectivity index (χ4v) is 3.50. The molecule has 1 fully saturated rings. The first kappa shape index (κ1) is 21.7. The van der Waals surface area contributed by atoms with Crippen LogP contribution in [0.1, 0.15) is 10.4 Å². The average molecular weight is 433 g/mol. The molecule has 0 spiro atoms. The summed E-state index contributed by atoms with van der Waals surface area (Å²) >= 11 is 0. The molecule has 7 heteroatoms. The first-order valence-corrected chi connectivity index (χ1v) is 10.4. The summed E-state index contributed by atoms with van der Waals surface area (Å²) in [5.74, 6) is -1.20. The molecule has 32 heavy (non-hydrogen) atoms. The fraction of sp³-hybridized carbons (Fsp3) is 0.200.